The molecule has 102 valence electrons. The number of nitrogens with zero attached hydrogens (tertiary/aromatic N) is 1. The van der Waals surface area contributed by atoms with Gasteiger partial charge in [0.25, 0.3) is 0 Å². The molecular formula is C17H17NO2. The number of hydrogen-bond donors (Lipinski definition) is 1. The van der Waals surface area contributed by atoms with E-state index in [0.717, 1.165) is 11.1 Å². The maximum Gasteiger partial charge on any atom is 0.227 e. The lowest BCUT2D eigenvalue weighted by Gasteiger charge is -2.35. The van der Waals surface area contributed by atoms with Gasteiger partial charge in [0.1, 0.15) is 0 Å². The SMILES string of the molecule is O=C(Cc1ccc(-c2ccccc2)cc1)N1CC(O)C1. The predicted octanol–water partition coefficient (Wildman–Crippen LogP) is 2.10. The smallest absolute Gasteiger partial charge is 0.227 e. The number of β-amino-alcohol motifs (C(OH)–C–C–N with tert-alkyl or cyclic N) is 1. The lowest BCUT2D eigenvalue weighted by Crippen LogP contribution is -2.53. The van der Waals surface area contributed by atoms with Crippen molar-refractivity contribution in [3.05, 3.63) is 60.2 Å². The summed E-state index contributed by atoms with van der Waals surface area (Å²) < 4.78 is 0. The lowest BCUT2D eigenvalue weighted by molar-refractivity contribution is -0.140. The van der Waals surface area contributed by atoms with Crippen LogP contribution in [0.1, 0.15) is 5.56 Å². The molecular weight excluding hydrogens is 250 g/mol. The van der Waals surface area contributed by atoms with Crippen LogP contribution in [-0.2, 0) is 11.2 Å². The Kier molecular flexibility index (Phi) is 3.52. The van der Waals surface area contributed by atoms with Crippen LogP contribution >= 0.6 is 0 Å². The minimum Gasteiger partial charge on any atom is -0.389 e. The van der Waals surface area contributed by atoms with Gasteiger partial charge >= 0.3 is 0 Å². The second kappa shape index (κ2) is 5.47. The summed E-state index contributed by atoms with van der Waals surface area (Å²) in [6.07, 6.45) is 0.0707. The molecule has 0 aromatic heterocycles. The van der Waals surface area contributed by atoms with Crippen LogP contribution in [0.25, 0.3) is 11.1 Å². The second-order valence-corrected chi connectivity index (χ2v) is 5.19. The zero-order valence-corrected chi connectivity index (χ0v) is 11.2. The zero-order valence-electron chi connectivity index (χ0n) is 11.2. The van der Waals surface area contributed by atoms with Crippen molar-refractivity contribution >= 4 is 5.91 Å². The summed E-state index contributed by atoms with van der Waals surface area (Å²) >= 11 is 0. The van der Waals surface area contributed by atoms with Crippen molar-refractivity contribution in [3.63, 3.8) is 0 Å². The minimum atomic E-state index is -0.334. The van der Waals surface area contributed by atoms with Crippen molar-refractivity contribution < 1.29 is 9.90 Å². The van der Waals surface area contributed by atoms with Crippen molar-refractivity contribution in [1.29, 1.82) is 0 Å². The van der Waals surface area contributed by atoms with Crippen LogP contribution in [0.2, 0.25) is 0 Å². The molecule has 0 radical (unpaired) electrons. The molecule has 0 aliphatic carbocycles. The van der Waals surface area contributed by atoms with E-state index in [9.17, 15) is 9.90 Å². The molecule has 0 saturated carbocycles. The van der Waals surface area contributed by atoms with E-state index in [2.05, 4.69) is 12.1 Å². The third-order valence-corrected chi connectivity index (χ3v) is 3.63. The first kappa shape index (κ1) is 12.9. The molecule has 0 bridgehead atoms. The Morgan fingerprint density at radius 3 is 2.20 bits per heavy atom. The molecule has 1 saturated heterocycles. The minimum absolute atomic E-state index is 0.0859. The molecule has 2 aromatic carbocycles. The summed E-state index contributed by atoms with van der Waals surface area (Å²) in [4.78, 5) is 13.6. The van der Waals surface area contributed by atoms with Gasteiger partial charge < -0.3 is 10.0 Å². The van der Waals surface area contributed by atoms with Crippen LogP contribution in [0.15, 0.2) is 54.6 Å². The Bertz CT molecular complexity index is 586. The van der Waals surface area contributed by atoms with Crippen LogP contribution in [0.4, 0.5) is 0 Å². The molecule has 2 aromatic rings. The molecule has 1 amide bonds. The number of aliphatic hydroxyl groups is 1. The Morgan fingerprint density at radius 1 is 1.00 bits per heavy atom. The highest BCUT2D eigenvalue weighted by molar-refractivity contribution is 5.80. The fraction of sp³-hybridized carbons (Fsp3) is 0.235. The van der Waals surface area contributed by atoms with E-state index < -0.39 is 0 Å². The zero-order chi connectivity index (χ0) is 13.9. The van der Waals surface area contributed by atoms with Gasteiger partial charge in [0.15, 0.2) is 0 Å². The van der Waals surface area contributed by atoms with Crippen LogP contribution in [0.5, 0.6) is 0 Å². The number of carbonyl (C=O) groups excluding carboxylic acids is 1. The molecule has 20 heavy (non-hydrogen) atoms. The van der Waals surface area contributed by atoms with Gasteiger partial charge in [-0.15, -0.1) is 0 Å². The van der Waals surface area contributed by atoms with Crippen LogP contribution < -0.4 is 0 Å². The molecule has 0 spiro atoms. The first-order valence-corrected chi connectivity index (χ1v) is 6.82. The van der Waals surface area contributed by atoms with Gasteiger partial charge in [-0.25, -0.2) is 0 Å². The maximum atomic E-state index is 11.9. The van der Waals surface area contributed by atoms with Gasteiger partial charge in [-0.05, 0) is 16.7 Å². The average molecular weight is 267 g/mol. The predicted molar refractivity (Wildman–Crippen MR) is 78.2 cm³/mol. The van der Waals surface area contributed by atoms with Crippen molar-refractivity contribution in [3.8, 4) is 11.1 Å². The maximum absolute atomic E-state index is 11.9. The number of aliphatic hydroxyl groups excluding tert-OH is 1. The van der Waals surface area contributed by atoms with Crippen LogP contribution in [0, 0.1) is 0 Å². The average Bonchev–Trinajstić information content (AvgIpc) is 2.45. The first-order valence-electron chi connectivity index (χ1n) is 6.82. The molecule has 3 rings (SSSR count). The van der Waals surface area contributed by atoms with Gasteiger partial charge in [-0.2, -0.15) is 0 Å². The number of carbonyl (C=O) groups is 1. The highest BCUT2D eigenvalue weighted by Crippen LogP contribution is 2.20. The molecule has 1 aliphatic rings. The molecule has 3 nitrogen and oxygen atoms in total. The van der Waals surface area contributed by atoms with Crippen LogP contribution in [-0.4, -0.2) is 35.1 Å². The molecule has 1 fully saturated rings. The van der Waals surface area contributed by atoms with Gasteiger partial charge in [0, 0.05) is 13.1 Å². The molecule has 1 aliphatic heterocycles. The molecule has 1 N–H and O–H groups in total. The fourth-order valence-electron chi connectivity index (χ4n) is 2.39. The largest absolute Gasteiger partial charge is 0.389 e. The Morgan fingerprint density at radius 2 is 1.60 bits per heavy atom. The van der Waals surface area contributed by atoms with Gasteiger partial charge in [-0.1, -0.05) is 54.6 Å². The van der Waals surface area contributed by atoms with Crippen molar-refractivity contribution in [2.24, 2.45) is 0 Å². The molecule has 1 heterocycles. The van der Waals surface area contributed by atoms with Gasteiger partial charge in [0.05, 0.1) is 12.5 Å². The number of amides is 1. The second-order valence-electron chi connectivity index (χ2n) is 5.19. The number of likely N-dealkylation sites (tertiary alicyclic amines) is 1. The topological polar surface area (TPSA) is 40.5 Å². The van der Waals surface area contributed by atoms with E-state index in [4.69, 9.17) is 0 Å². The highest BCUT2D eigenvalue weighted by atomic mass is 16.3. The summed E-state index contributed by atoms with van der Waals surface area (Å²) in [5.74, 6) is 0.0859. The number of benzene rings is 2. The third kappa shape index (κ3) is 2.73. The summed E-state index contributed by atoms with van der Waals surface area (Å²) in [7, 11) is 0. The lowest BCUT2D eigenvalue weighted by atomic mass is 10.0. The Balaban J connectivity index is 1.66. The van der Waals surface area contributed by atoms with Crippen molar-refractivity contribution in [1.82, 2.24) is 4.90 Å². The monoisotopic (exact) mass is 267 g/mol. The summed E-state index contributed by atoms with van der Waals surface area (Å²) in [6.45, 7) is 0.946. The summed E-state index contributed by atoms with van der Waals surface area (Å²) in [5, 5.41) is 9.20. The first-order chi connectivity index (χ1) is 9.72. The number of rotatable bonds is 3. The van der Waals surface area contributed by atoms with E-state index in [1.807, 2.05) is 42.5 Å². The fourth-order valence-corrected chi connectivity index (χ4v) is 2.39. The normalized spacial score (nSPS) is 14.9. The summed E-state index contributed by atoms with van der Waals surface area (Å²) in [5.41, 5.74) is 3.34. The van der Waals surface area contributed by atoms with Crippen LogP contribution in [0.3, 0.4) is 0 Å². The molecule has 0 atom stereocenters. The van der Waals surface area contributed by atoms with Crippen molar-refractivity contribution in [2.45, 2.75) is 12.5 Å². The third-order valence-electron chi connectivity index (χ3n) is 3.63. The highest BCUT2D eigenvalue weighted by Gasteiger charge is 2.28. The standard InChI is InChI=1S/C17H17NO2/c19-16-11-18(12-16)17(20)10-13-6-8-15(9-7-13)14-4-2-1-3-5-14/h1-9,16,19H,10-12H2. The van der Waals surface area contributed by atoms with Gasteiger partial charge in [-0.3, -0.25) is 4.79 Å². The van der Waals surface area contributed by atoms with E-state index >= 15 is 0 Å². The quantitative estimate of drug-likeness (QED) is 0.925. The Labute approximate surface area is 118 Å². The number of hydrogen-bond acceptors (Lipinski definition) is 2. The van der Waals surface area contributed by atoms with E-state index in [0.29, 0.717) is 19.5 Å². The van der Waals surface area contributed by atoms with E-state index in [-0.39, 0.29) is 12.0 Å². The Hall–Kier alpha value is -2.13. The molecule has 0 unspecified atom stereocenters. The van der Waals surface area contributed by atoms with E-state index in [1.165, 1.54) is 5.56 Å². The van der Waals surface area contributed by atoms with E-state index in [1.54, 1.807) is 4.90 Å². The van der Waals surface area contributed by atoms with Crippen molar-refractivity contribution in [2.75, 3.05) is 13.1 Å². The molecule has 3 heteroatoms. The van der Waals surface area contributed by atoms with Gasteiger partial charge in [0.2, 0.25) is 5.91 Å². The summed E-state index contributed by atoms with van der Waals surface area (Å²) in [6, 6.07) is 18.3.